The number of rotatable bonds is 4. The first-order valence-electron chi connectivity index (χ1n) is 5.41. The predicted molar refractivity (Wildman–Crippen MR) is 71.1 cm³/mol. The topological polar surface area (TPSA) is 68.3 Å². The third-order valence-electron chi connectivity index (χ3n) is 1.73. The maximum absolute atomic E-state index is 11.5. The molecule has 0 spiro atoms. The number of carbonyl (C=O) groups is 2. The molecule has 1 N–H and O–H groups in total. The Morgan fingerprint density at radius 2 is 2.22 bits per heavy atom. The normalized spacial score (nSPS) is 10.8. The molecule has 1 amide bonds. The Labute approximate surface area is 110 Å². The maximum atomic E-state index is 11.5. The number of hydrogen-bond donors (Lipinski definition) is 1. The van der Waals surface area contributed by atoms with E-state index in [-0.39, 0.29) is 12.2 Å². The van der Waals surface area contributed by atoms with E-state index in [4.69, 9.17) is 4.74 Å². The van der Waals surface area contributed by atoms with E-state index in [0.717, 1.165) is 0 Å². The Balaban J connectivity index is 2.61. The molecule has 98 valence electrons. The number of aromatic nitrogens is 1. The molecule has 1 aromatic heterocycles. The van der Waals surface area contributed by atoms with E-state index in [2.05, 4.69) is 16.9 Å². The van der Waals surface area contributed by atoms with Crippen molar-refractivity contribution in [3.8, 4) is 0 Å². The summed E-state index contributed by atoms with van der Waals surface area (Å²) >= 11 is 1.18. The van der Waals surface area contributed by atoms with Crippen molar-refractivity contribution in [1.82, 2.24) is 4.98 Å². The highest BCUT2D eigenvalue weighted by Crippen LogP contribution is 2.18. The number of carbonyl (C=O) groups excluding carboxylic acids is 2. The van der Waals surface area contributed by atoms with Gasteiger partial charge in [-0.3, -0.25) is 10.1 Å². The van der Waals surface area contributed by atoms with Gasteiger partial charge in [-0.1, -0.05) is 6.08 Å². The third kappa shape index (κ3) is 4.67. The van der Waals surface area contributed by atoms with E-state index in [1.54, 1.807) is 26.2 Å². The number of nitrogens with zero attached hydrogens (tertiary/aromatic N) is 1. The Kier molecular flexibility index (Phi) is 4.61. The Hall–Kier alpha value is -1.69. The van der Waals surface area contributed by atoms with Gasteiger partial charge in [0, 0.05) is 11.8 Å². The second-order valence-corrected chi connectivity index (χ2v) is 5.44. The molecular formula is C12H16N2O3S. The number of Topliss-reactive ketones (excluding diaryl/α,β-unsaturated/α-hetero) is 1. The lowest BCUT2D eigenvalue weighted by molar-refractivity contribution is 0.0635. The molecule has 6 heteroatoms. The molecule has 18 heavy (non-hydrogen) atoms. The summed E-state index contributed by atoms with van der Waals surface area (Å²) in [7, 11) is 0. The quantitative estimate of drug-likeness (QED) is 0.672. The predicted octanol–water partition coefficient (Wildman–Crippen LogP) is 3.25. The lowest BCUT2D eigenvalue weighted by atomic mass is 10.2. The molecule has 0 aliphatic carbocycles. The number of allylic oxidation sites excluding steroid dienone is 1. The van der Waals surface area contributed by atoms with Gasteiger partial charge in [-0.05, 0) is 20.8 Å². The first kappa shape index (κ1) is 14.4. The molecule has 0 saturated heterocycles. The molecular weight excluding hydrogens is 252 g/mol. The number of anilines is 1. The average Bonchev–Trinajstić information content (AvgIpc) is 2.63. The molecule has 0 radical (unpaired) electrons. The van der Waals surface area contributed by atoms with E-state index in [0.29, 0.717) is 10.8 Å². The van der Waals surface area contributed by atoms with Crippen molar-refractivity contribution in [1.29, 1.82) is 0 Å². The zero-order valence-electron chi connectivity index (χ0n) is 10.6. The van der Waals surface area contributed by atoms with Crippen LogP contribution in [0.1, 0.15) is 37.7 Å². The summed E-state index contributed by atoms with van der Waals surface area (Å²) in [6.07, 6.45) is 1.16. The molecule has 0 atom stereocenters. The van der Waals surface area contributed by atoms with Gasteiger partial charge < -0.3 is 4.74 Å². The van der Waals surface area contributed by atoms with Gasteiger partial charge in [0.2, 0.25) is 0 Å². The van der Waals surface area contributed by atoms with Crippen molar-refractivity contribution in [3.05, 3.63) is 23.7 Å². The molecule has 0 saturated carbocycles. The second-order valence-electron chi connectivity index (χ2n) is 4.58. The fourth-order valence-electron chi connectivity index (χ4n) is 1.09. The standard InChI is InChI=1S/C12H16N2O3S/c1-5-6-9(15)8-7-18-10(13-8)14-11(16)17-12(2,3)4/h5,7H,1,6H2,2-4H3,(H,13,14,16). The summed E-state index contributed by atoms with van der Waals surface area (Å²) in [4.78, 5) is 27.0. The minimum absolute atomic E-state index is 0.126. The minimum Gasteiger partial charge on any atom is -0.444 e. The van der Waals surface area contributed by atoms with E-state index in [1.807, 2.05) is 0 Å². The number of thiazole rings is 1. The van der Waals surface area contributed by atoms with Crippen molar-refractivity contribution in [2.45, 2.75) is 32.8 Å². The van der Waals surface area contributed by atoms with Gasteiger partial charge in [0.1, 0.15) is 11.3 Å². The lowest BCUT2D eigenvalue weighted by Crippen LogP contribution is -2.27. The number of nitrogens with one attached hydrogen (secondary N) is 1. The molecule has 1 rings (SSSR count). The summed E-state index contributed by atoms with van der Waals surface area (Å²) < 4.78 is 5.07. The fraction of sp³-hybridized carbons (Fsp3) is 0.417. The minimum atomic E-state index is -0.584. The third-order valence-corrected chi connectivity index (χ3v) is 2.49. The summed E-state index contributed by atoms with van der Waals surface area (Å²) in [6, 6.07) is 0. The smallest absolute Gasteiger partial charge is 0.413 e. The van der Waals surface area contributed by atoms with Crippen LogP contribution in [-0.4, -0.2) is 22.5 Å². The van der Waals surface area contributed by atoms with Crippen LogP contribution in [0.5, 0.6) is 0 Å². The van der Waals surface area contributed by atoms with E-state index >= 15 is 0 Å². The van der Waals surface area contributed by atoms with Crippen LogP contribution in [0, 0.1) is 0 Å². The SMILES string of the molecule is C=CCC(=O)c1csc(NC(=O)OC(C)(C)C)n1. The Bertz CT molecular complexity index is 460. The van der Waals surface area contributed by atoms with Gasteiger partial charge in [0.15, 0.2) is 10.9 Å². The van der Waals surface area contributed by atoms with Crippen LogP contribution >= 0.6 is 11.3 Å². The number of amides is 1. The lowest BCUT2D eigenvalue weighted by Gasteiger charge is -2.18. The molecule has 5 nitrogen and oxygen atoms in total. The van der Waals surface area contributed by atoms with Crippen LogP contribution < -0.4 is 5.32 Å². The summed E-state index contributed by atoms with van der Waals surface area (Å²) in [5.74, 6) is -0.126. The fourth-order valence-corrected chi connectivity index (χ4v) is 1.79. The van der Waals surface area contributed by atoms with Crippen LogP contribution in [-0.2, 0) is 4.74 Å². The van der Waals surface area contributed by atoms with Crippen molar-refractivity contribution < 1.29 is 14.3 Å². The average molecular weight is 268 g/mol. The highest BCUT2D eigenvalue weighted by Gasteiger charge is 2.17. The highest BCUT2D eigenvalue weighted by molar-refractivity contribution is 7.14. The van der Waals surface area contributed by atoms with E-state index in [1.165, 1.54) is 17.4 Å². The van der Waals surface area contributed by atoms with Crippen molar-refractivity contribution in [2.75, 3.05) is 5.32 Å². The Morgan fingerprint density at radius 1 is 1.56 bits per heavy atom. The largest absolute Gasteiger partial charge is 0.444 e. The van der Waals surface area contributed by atoms with Gasteiger partial charge in [0.25, 0.3) is 0 Å². The van der Waals surface area contributed by atoms with Crippen LogP contribution in [0.15, 0.2) is 18.0 Å². The molecule has 0 aliphatic rings. The van der Waals surface area contributed by atoms with Crippen molar-refractivity contribution >= 4 is 28.3 Å². The second kappa shape index (κ2) is 5.77. The van der Waals surface area contributed by atoms with Gasteiger partial charge in [0.05, 0.1) is 0 Å². The highest BCUT2D eigenvalue weighted by atomic mass is 32.1. The van der Waals surface area contributed by atoms with Crippen molar-refractivity contribution in [2.24, 2.45) is 0 Å². The van der Waals surface area contributed by atoms with Crippen LogP contribution in [0.3, 0.4) is 0 Å². The molecule has 1 heterocycles. The van der Waals surface area contributed by atoms with Crippen LogP contribution in [0.25, 0.3) is 0 Å². The van der Waals surface area contributed by atoms with Crippen LogP contribution in [0.4, 0.5) is 9.93 Å². The van der Waals surface area contributed by atoms with Gasteiger partial charge in [-0.15, -0.1) is 17.9 Å². The van der Waals surface area contributed by atoms with E-state index < -0.39 is 11.7 Å². The molecule has 0 fully saturated rings. The first-order valence-corrected chi connectivity index (χ1v) is 6.29. The van der Waals surface area contributed by atoms with E-state index in [9.17, 15) is 9.59 Å². The zero-order valence-corrected chi connectivity index (χ0v) is 11.5. The zero-order chi connectivity index (χ0) is 13.8. The summed E-state index contributed by atoms with van der Waals surface area (Å²) in [5.41, 5.74) is -0.242. The first-order chi connectivity index (χ1) is 8.31. The molecule has 0 aliphatic heterocycles. The summed E-state index contributed by atoms with van der Waals surface area (Å²) in [6.45, 7) is 8.80. The number of hydrogen-bond acceptors (Lipinski definition) is 5. The Morgan fingerprint density at radius 3 is 2.78 bits per heavy atom. The van der Waals surface area contributed by atoms with Crippen molar-refractivity contribution in [3.63, 3.8) is 0 Å². The molecule has 0 aromatic carbocycles. The van der Waals surface area contributed by atoms with Gasteiger partial charge in [-0.2, -0.15) is 0 Å². The number of ether oxygens (including phenoxy) is 1. The maximum Gasteiger partial charge on any atom is 0.413 e. The molecule has 1 aromatic rings. The summed E-state index contributed by atoms with van der Waals surface area (Å²) in [5, 5.41) is 4.42. The van der Waals surface area contributed by atoms with Gasteiger partial charge in [-0.25, -0.2) is 9.78 Å². The molecule has 0 bridgehead atoms. The van der Waals surface area contributed by atoms with Gasteiger partial charge >= 0.3 is 6.09 Å². The monoisotopic (exact) mass is 268 g/mol. The molecule has 0 unspecified atom stereocenters. The number of ketones is 1. The van der Waals surface area contributed by atoms with Crippen LogP contribution in [0.2, 0.25) is 0 Å².